The minimum absolute atomic E-state index is 0.190. The Kier molecular flexibility index (Phi) is 6.54. The Morgan fingerprint density at radius 1 is 1.08 bits per heavy atom. The van der Waals surface area contributed by atoms with Crippen LogP contribution in [0.1, 0.15) is 24.9 Å². The molecule has 6 heteroatoms. The van der Waals surface area contributed by atoms with E-state index in [1.165, 1.54) is 12.1 Å². The largest absolute Gasteiger partial charge is 0.490 e. The molecule has 128 valence electrons. The van der Waals surface area contributed by atoms with Crippen molar-refractivity contribution < 1.29 is 18.3 Å². The fourth-order valence-electron chi connectivity index (χ4n) is 2.17. The highest BCUT2D eigenvalue weighted by Crippen LogP contribution is 2.16. The standard InChI is InChI=1S/C18H20F2N2O2/c1-13(14-7-2-3-8-15(14)19)22-18(23)21-11-6-12-24-17-10-5-4-9-16(17)20/h2-5,7-10,13H,6,11-12H2,1H3,(H2,21,22,23). The van der Waals surface area contributed by atoms with Gasteiger partial charge in [0.15, 0.2) is 11.6 Å². The molecule has 2 aromatic rings. The molecule has 0 spiro atoms. The maximum absolute atomic E-state index is 13.6. The summed E-state index contributed by atoms with van der Waals surface area (Å²) in [5.74, 6) is -0.583. The lowest BCUT2D eigenvalue weighted by molar-refractivity contribution is 0.235. The number of rotatable bonds is 7. The van der Waals surface area contributed by atoms with Crippen LogP contribution in [0.2, 0.25) is 0 Å². The first-order chi connectivity index (χ1) is 11.6. The molecule has 2 N–H and O–H groups in total. The van der Waals surface area contributed by atoms with E-state index in [-0.39, 0.29) is 18.2 Å². The van der Waals surface area contributed by atoms with Crippen molar-refractivity contribution in [2.75, 3.05) is 13.2 Å². The predicted octanol–water partition coefficient (Wildman–Crippen LogP) is 3.79. The average Bonchev–Trinajstić information content (AvgIpc) is 2.56. The minimum Gasteiger partial charge on any atom is -0.490 e. The second-order valence-electron chi connectivity index (χ2n) is 5.28. The summed E-state index contributed by atoms with van der Waals surface area (Å²) < 4.78 is 32.2. The molecule has 2 aromatic carbocycles. The van der Waals surface area contributed by atoms with E-state index in [9.17, 15) is 13.6 Å². The predicted molar refractivity (Wildman–Crippen MR) is 87.9 cm³/mol. The van der Waals surface area contributed by atoms with E-state index in [1.807, 2.05) is 0 Å². The molecule has 0 heterocycles. The number of para-hydroxylation sites is 1. The number of hydrogen-bond donors (Lipinski definition) is 2. The summed E-state index contributed by atoms with van der Waals surface area (Å²) in [6.07, 6.45) is 0.524. The van der Waals surface area contributed by atoms with Gasteiger partial charge < -0.3 is 15.4 Å². The quantitative estimate of drug-likeness (QED) is 0.757. The van der Waals surface area contributed by atoms with Crippen molar-refractivity contribution in [3.8, 4) is 5.75 Å². The second-order valence-corrected chi connectivity index (χ2v) is 5.28. The molecule has 1 atom stereocenters. The Bertz CT molecular complexity index is 680. The molecule has 0 fully saturated rings. The van der Waals surface area contributed by atoms with Gasteiger partial charge in [-0.25, -0.2) is 13.6 Å². The molecule has 0 saturated heterocycles. The van der Waals surface area contributed by atoms with Crippen LogP contribution >= 0.6 is 0 Å². The first-order valence-electron chi connectivity index (χ1n) is 7.74. The van der Waals surface area contributed by atoms with Gasteiger partial charge in [0.1, 0.15) is 5.82 Å². The van der Waals surface area contributed by atoms with Gasteiger partial charge in [-0.3, -0.25) is 0 Å². The molecule has 0 radical (unpaired) electrons. The topological polar surface area (TPSA) is 50.4 Å². The van der Waals surface area contributed by atoms with Gasteiger partial charge in [-0.1, -0.05) is 30.3 Å². The maximum atomic E-state index is 13.6. The average molecular weight is 334 g/mol. The summed E-state index contributed by atoms with van der Waals surface area (Å²) in [5.41, 5.74) is 0.426. The summed E-state index contributed by atoms with van der Waals surface area (Å²) in [5, 5.41) is 5.32. The third kappa shape index (κ3) is 5.22. The molecule has 2 amide bonds. The Morgan fingerprint density at radius 3 is 2.46 bits per heavy atom. The minimum atomic E-state index is -0.444. The fourth-order valence-corrected chi connectivity index (χ4v) is 2.17. The van der Waals surface area contributed by atoms with Crippen LogP contribution in [0.4, 0.5) is 13.6 Å². The zero-order valence-electron chi connectivity index (χ0n) is 13.4. The summed E-state index contributed by atoms with van der Waals surface area (Å²) in [6, 6.07) is 11.6. The second kappa shape index (κ2) is 8.86. The number of ether oxygens (including phenoxy) is 1. The van der Waals surface area contributed by atoms with E-state index >= 15 is 0 Å². The molecule has 0 bridgehead atoms. The molecule has 24 heavy (non-hydrogen) atoms. The van der Waals surface area contributed by atoms with Crippen LogP contribution in [0.3, 0.4) is 0 Å². The van der Waals surface area contributed by atoms with Gasteiger partial charge in [-0.2, -0.15) is 0 Å². The van der Waals surface area contributed by atoms with Crippen molar-refractivity contribution in [2.45, 2.75) is 19.4 Å². The number of nitrogens with one attached hydrogen (secondary N) is 2. The smallest absolute Gasteiger partial charge is 0.315 e. The van der Waals surface area contributed by atoms with Gasteiger partial charge in [-0.15, -0.1) is 0 Å². The van der Waals surface area contributed by atoms with Gasteiger partial charge in [-0.05, 0) is 31.5 Å². The Hall–Kier alpha value is -2.63. The monoisotopic (exact) mass is 334 g/mol. The van der Waals surface area contributed by atoms with Gasteiger partial charge in [0.2, 0.25) is 0 Å². The maximum Gasteiger partial charge on any atom is 0.315 e. The van der Waals surface area contributed by atoms with E-state index in [4.69, 9.17) is 4.74 Å². The van der Waals surface area contributed by atoms with Crippen molar-refractivity contribution in [3.63, 3.8) is 0 Å². The third-order valence-corrected chi connectivity index (χ3v) is 3.42. The van der Waals surface area contributed by atoms with Crippen molar-refractivity contribution in [1.82, 2.24) is 10.6 Å². The van der Waals surface area contributed by atoms with Crippen LogP contribution in [0, 0.1) is 11.6 Å². The van der Waals surface area contributed by atoms with Gasteiger partial charge in [0.05, 0.1) is 12.6 Å². The summed E-state index contributed by atoms with van der Waals surface area (Å²) in [4.78, 5) is 11.8. The van der Waals surface area contributed by atoms with E-state index < -0.39 is 17.9 Å². The van der Waals surface area contributed by atoms with Crippen LogP contribution in [0.15, 0.2) is 48.5 Å². The van der Waals surface area contributed by atoms with Crippen LogP contribution in [-0.4, -0.2) is 19.2 Å². The van der Waals surface area contributed by atoms with Crippen LogP contribution < -0.4 is 15.4 Å². The number of halogens is 2. The van der Waals surface area contributed by atoms with Crippen molar-refractivity contribution in [2.24, 2.45) is 0 Å². The van der Waals surface area contributed by atoms with E-state index in [1.54, 1.807) is 43.3 Å². The van der Waals surface area contributed by atoms with Crippen LogP contribution in [-0.2, 0) is 0 Å². The number of hydrogen-bond acceptors (Lipinski definition) is 2. The van der Waals surface area contributed by atoms with Crippen molar-refractivity contribution >= 4 is 6.03 Å². The molecule has 0 aliphatic rings. The number of benzene rings is 2. The zero-order chi connectivity index (χ0) is 17.4. The molecular formula is C18H20F2N2O2. The highest BCUT2D eigenvalue weighted by molar-refractivity contribution is 5.74. The highest BCUT2D eigenvalue weighted by Gasteiger charge is 2.12. The summed E-state index contributed by atoms with van der Waals surface area (Å²) in [7, 11) is 0. The Labute approximate surface area is 139 Å². The Morgan fingerprint density at radius 2 is 1.75 bits per heavy atom. The lowest BCUT2D eigenvalue weighted by Gasteiger charge is -2.15. The van der Waals surface area contributed by atoms with E-state index in [0.717, 1.165) is 0 Å². The molecule has 0 aliphatic heterocycles. The first-order valence-corrected chi connectivity index (χ1v) is 7.74. The first kappa shape index (κ1) is 17.7. The normalized spacial score (nSPS) is 11.6. The molecule has 0 aliphatic carbocycles. The zero-order valence-corrected chi connectivity index (χ0v) is 13.4. The Balaban J connectivity index is 1.67. The summed E-state index contributed by atoms with van der Waals surface area (Å²) in [6.45, 7) is 2.35. The summed E-state index contributed by atoms with van der Waals surface area (Å²) >= 11 is 0. The lowest BCUT2D eigenvalue weighted by atomic mass is 10.1. The van der Waals surface area contributed by atoms with Crippen molar-refractivity contribution in [3.05, 3.63) is 65.7 Å². The molecule has 4 nitrogen and oxygen atoms in total. The molecule has 1 unspecified atom stereocenters. The number of urea groups is 1. The number of carbonyl (C=O) groups excluding carboxylic acids is 1. The van der Waals surface area contributed by atoms with Crippen molar-refractivity contribution in [1.29, 1.82) is 0 Å². The van der Waals surface area contributed by atoms with Crippen LogP contribution in [0.5, 0.6) is 5.75 Å². The highest BCUT2D eigenvalue weighted by atomic mass is 19.1. The van der Waals surface area contributed by atoms with E-state index in [2.05, 4.69) is 10.6 Å². The number of carbonyl (C=O) groups is 1. The number of amides is 2. The molecule has 0 aromatic heterocycles. The van der Waals surface area contributed by atoms with Gasteiger partial charge in [0, 0.05) is 12.1 Å². The van der Waals surface area contributed by atoms with Gasteiger partial charge >= 0.3 is 6.03 Å². The third-order valence-electron chi connectivity index (χ3n) is 3.42. The molecular weight excluding hydrogens is 314 g/mol. The SMILES string of the molecule is CC(NC(=O)NCCCOc1ccccc1F)c1ccccc1F. The lowest BCUT2D eigenvalue weighted by Crippen LogP contribution is -2.38. The molecule has 0 saturated carbocycles. The molecule has 2 rings (SSSR count). The van der Waals surface area contributed by atoms with E-state index in [0.29, 0.717) is 18.5 Å². The van der Waals surface area contributed by atoms with Crippen LogP contribution in [0.25, 0.3) is 0 Å². The van der Waals surface area contributed by atoms with Gasteiger partial charge in [0.25, 0.3) is 0 Å². The fraction of sp³-hybridized carbons (Fsp3) is 0.278.